The van der Waals surface area contributed by atoms with Gasteiger partial charge in [0.25, 0.3) is 21.1 Å². The molecule has 52 valence electrons. The molecule has 4 nitrogen and oxygen atoms in total. The Morgan fingerprint density at radius 3 is 1.00 bits per heavy atom. The van der Waals surface area contributed by atoms with Crippen LogP contribution in [-0.4, -0.2) is 21.1 Å². The van der Waals surface area contributed by atoms with E-state index in [2.05, 4.69) is 21.1 Å². The Morgan fingerprint density at radius 1 is 1.00 bits per heavy atom. The van der Waals surface area contributed by atoms with Crippen molar-refractivity contribution in [1.82, 2.24) is 0 Å². The fraction of sp³-hybridized carbons (Fsp3) is 1.00. The zero-order chi connectivity index (χ0) is 7.15. The van der Waals surface area contributed by atoms with Gasteiger partial charge in [0.2, 0.25) is 0 Å². The molecule has 0 aliphatic heterocycles. The molecule has 0 aromatic rings. The van der Waals surface area contributed by atoms with Crippen LogP contribution in [0.5, 0.6) is 0 Å². The van der Waals surface area contributed by atoms with Gasteiger partial charge in [0, 0.05) is 0 Å². The fourth-order valence-electron chi connectivity index (χ4n) is 0. The van der Waals surface area contributed by atoms with Crippen LogP contribution in [0.1, 0.15) is 0 Å². The van der Waals surface area contributed by atoms with E-state index >= 15 is 0 Å². The molecule has 0 radical (unpaired) electrons. The van der Waals surface area contributed by atoms with Gasteiger partial charge < -0.3 is 15.2 Å². The van der Waals surface area contributed by atoms with Crippen molar-refractivity contribution in [3.63, 3.8) is 0 Å². The maximum absolute atomic E-state index is 8.57. The van der Waals surface area contributed by atoms with Crippen LogP contribution in [0.4, 0.5) is 0 Å². The molecule has 0 aliphatic carbocycles. The second-order valence-corrected chi connectivity index (χ2v) is 2.77. The molecular formula is C3H10INO3. The summed E-state index contributed by atoms with van der Waals surface area (Å²) < 4.78 is 25.7. The first-order valence-electron chi connectivity index (χ1n) is 1.96. The Morgan fingerprint density at radius 2 is 1.00 bits per heavy atom. The number of halogens is 1. The number of hydrogen-bond acceptors (Lipinski definition) is 3. The second-order valence-electron chi connectivity index (χ2n) is 1.69. The predicted octanol–water partition coefficient (Wildman–Crippen LogP) is -7.80. The number of hydrogen-bond donors (Lipinski definition) is 1. The Hall–Kier alpha value is 0.570. The van der Waals surface area contributed by atoms with E-state index in [0.717, 1.165) is 0 Å². The van der Waals surface area contributed by atoms with Crippen molar-refractivity contribution in [1.29, 1.82) is 0 Å². The maximum atomic E-state index is 8.57. The van der Waals surface area contributed by atoms with Gasteiger partial charge in [0.05, 0.1) is 21.1 Å². The van der Waals surface area contributed by atoms with Gasteiger partial charge in [0.1, 0.15) is 0 Å². The van der Waals surface area contributed by atoms with Gasteiger partial charge in [0.15, 0.2) is 0 Å². The molecule has 0 unspecified atom stereocenters. The standard InChI is InChI=1S/C3H9N.IO3/c1-4(2)3;2-1(3)4/h1-3H3;/q;-1/p+1. The average molecular weight is 235 g/mol. The van der Waals surface area contributed by atoms with Crippen molar-refractivity contribution in [2.75, 3.05) is 21.1 Å². The summed E-state index contributed by atoms with van der Waals surface area (Å²) in [4.78, 5) is 1.42. The normalized spacial score (nSPS) is 9.00. The van der Waals surface area contributed by atoms with E-state index < -0.39 is 21.1 Å². The SMILES string of the molecule is C[NH+](C)C.[O-][I+2]([O-])[O-]. The summed E-state index contributed by atoms with van der Waals surface area (Å²) in [5, 5.41) is 0. The molecule has 0 fully saturated rings. The summed E-state index contributed by atoms with van der Waals surface area (Å²) in [6.07, 6.45) is 0. The summed E-state index contributed by atoms with van der Waals surface area (Å²) in [6, 6.07) is 0. The van der Waals surface area contributed by atoms with Crippen LogP contribution in [0.15, 0.2) is 0 Å². The minimum absolute atomic E-state index is 1.42. The molecule has 0 amide bonds. The molecule has 0 spiro atoms. The third-order valence-corrected chi connectivity index (χ3v) is 0. The van der Waals surface area contributed by atoms with Gasteiger partial charge in [-0.2, -0.15) is 0 Å². The third kappa shape index (κ3) is 627. The molecule has 0 saturated heterocycles. The minimum Gasteiger partial charge on any atom is -0.427 e. The Balaban J connectivity index is 0. The lowest BCUT2D eigenvalue weighted by Crippen LogP contribution is -4.05. The summed E-state index contributed by atoms with van der Waals surface area (Å²) in [6.45, 7) is 0. The highest BCUT2D eigenvalue weighted by Crippen LogP contribution is 0.864. The van der Waals surface area contributed by atoms with E-state index in [1.54, 1.807) is 0 Å². The number of nitrogens with one attached hydrogen (secondary N) is 1. The monoisotopic (exact) mass is 235 g/mol. The first kappa shape index (κ1) is 11.4. The molecule has 0 heterocycles. The largest absolute Gasteiger partial charge is 0.427 e. The lowest BCUT2D eigenvalue weighted by Gasteiger charge is -1.88. The van der Waals surface area contributed by atoms with Crippen molar-refractivity contribution >= 4 is 0 Å². The lowest BCUT2D eigenvalue weighted by molar-refractivity contribution is -1.73. The fourth-order valence-corrected chi connectivity index (χ4v) is 0. The van der Waals surface area contributed by atoms with E-state index in [1.807, 2.05) is 0 Å². The highest BCUT2D eigenvalue weighted by molar-refractivity contribution is 3.59. The molecule has 0 aliphatic rings. The quantitative estimate of drug-likeness (QED) is 0.424. The highest BCUT2D eigenvalue weighted by Gasteiger charge is 1.70. The van der Waals surface area contributed by atoms with Crippen molar-refractivity contribution in [3.05, 3.63) is 0 Å². The Labute approximate surface area is 57.8 Å². The first-order chi connectivity index (χ1) is 3.46. The summed E-state index contributed by atoms with van der Waals surface area (Å²) >= 11 is -4.01. The van der Waals surface area contributed by atoms with Crippen LogP contribution in [0.25, 0.3) is 0 Å². The molecule has 1 N–H and O–H groups in total. The molecule has 0 bridgehead atoms. The predicted molar refractivity (Wildman–Crippen MR) is 18.7 cm³/mol. The summed E-state index contributed by atoms with van der Waals surface area (Å²) in [7, 11) is 6.25. The van der Waals surface area contributed by atoms with Gasteiger partial charge in [-0.3, -0.25) is 0 Å². The smallest absolute Gasteiger partial charge is 0.282 e. The highest BCUT2D eigenvalue weighted by atomic mass is 127. The Kier molecular flexibility index (Phi) is 10.8. The minimum atomic E-state index is -4.01. The summed E-state index contributed by atoms with van der Waals surface area (Å²) in [5.74, 6) is 0. The van der Waals surface area contributed by atoms with Crippen LogP contribution >= 0.6 is 0 Å². The van der Waals surface area contributed by atoms with Crippen LogP contribution in [-0.2, 0) is 0 Å². The Bertz CT molecular complexity index is 30.0. The molecule has 0 rings (SSSR count). The first-order valence-corrected chi connectivity index (χ1v) is 4.61. The molecular weight excluding hydrogens is 225 g/mol. The second kappa shape index (κ2) is 7.57. The van der Waals surface area contributed by atoms with Crippen LogP contribution in [0.2, 0.25) is 0 Å². The van der Waals surface area contributed by atoms with E-state index in [0.29, 0.717) is 0 Å². The topological polar surface area (TPSA) is 73.6 Å². The van der Waals surface area contributed by atoms with Crippen molar-refractivity contribution in [2.45, 2.75) is 0 Å². The van der Waals surface area contributed by atoms with E-state index in [9.17, 15) is 0 Å². The third-order valence-electron chi connectivity index (χ3n) is 0. The average Bonchev–Trinajstić information content (AvgIpc) is 1.25. The van der Waals surface area contributed by atoms with Gasteiger partial charge in [-0.15, -0.1) is 0 Å². The molecule has 0 atom stereocenters. The molecule has 0 aromatic carbocycles. The van der Waals surface area contributed by atoms with E-state index in [1.165, 1.54) is 4.90 Å². The lowest BCUT2D eigenvalue weighted by atomic mass is 11.0. The zero-order valence-corrected chi connectivity index (χ0v) is 7.26. The van der Waals surface area contributed by atoms with Crippen molar-refractivity contribution < 1.29 is 36.3 Å². The van der Waals surface area contributed by atoms with Crippen LogP contribution in [0.3, 0.4) is 0 Å². The van der Waals surface area contributed by atoms with Crippen LogP contribution < -0.4 is 36.3 Å². The van der Waals surface area contributed by atoms with Gasteiger partial charge in [-0.05, 0) is 0 Å². The van der Waals surface area contributed by atoms with Crippen molar-refractivity contribution in [2.24, 2.45) is 0 Å². The molecule has 0 aromatic heterocycles. The molecule has 8 heavy (non-hydrogen) atoms. The van der Waals surface area contributed by atoms with Gasteiger partial charge in [-0.1, -0.05) is 0 Å². The summed E-state index contributed by atoms with van der Waals surface area (Å²) in [5.41, 5.74) is 0. The van der Waals surface area contributed by atoms with Gasteiger partial charge >= 0.3 is 0 Å². The van der Waals surface area contributed by atoms with Crippen LogP contribution in [0, 0.1) is 0 Å². The number of rotatable bonds is 0. The zero-order valence-electron chi connectivity index (χ0n) is 5.10. The van der Waals surface area contributed by atoms with E-state index in [-0.39, 0.29) is 0 Å². The maximum Gasteiger partial charge on any atom is 0.282 e. The van der Waals surface area contributed by atoms with Gasteiger partial charge in [-0.25, -0.2) is 0 Å². The molecule has 5 heteroatoms. The van der Waals surface area contributed by atoms with Crippen molar-refractivity contribution in [3.8, 4) is 0 Å². The number of quaternary nitrogens is 1. The van der Waals surface area contributed by atoms with E-state index in [4.69, 9.17) is 10.3 Å². The molecule has 0 saturated carbocycles.